The Balaban J connectivity index is 1.50. The molecule has 0 spiro atoms. The van der Waals surface area contributed by atoms with E-state index in [9.17, 15) is 9.18 Å². The van der Waals surface area contributed by atoms with E-state index in [1.807, 2.05) is 0 Å². The molecule has 2 aromatic heterocycles. The maximum absolute atomic E-state index is 14.0. The van der Waals surface area contributed by atoms with Gasteiger partial charge in [-0.1, -0.05) is 28.9 Å². The summed E-state index contributed by atoms with van der Waals surface area (Å²) in [7, 11) is 1.48. The highest BCUT2D eigenvalue weighted by Gasteiger charge is 2.36. The van der Waals surface area contributed by atoms with Crippen molar-refractivity contribution in [1.82, 2.24) is 30.0 Å². The molecule has 0 radical (unpaired) electrons. The summed E-state index contributed by atoms with van der Waals surface area (Å²) in [6, 6.07) is 7.45. The number of hydrogen-bond donors (Lipinski definition) is 0. The number of methoxy groups -OCH3 is 1. The molecule has 1 fully saturated rings. The normalized spacial score (nSPS) is 15.6. The predicted molar refractivity (Wildman–Crippen MR) is 120 cm³/mol. The lowest BCUT2D eigenvalue weighted by Gasteiger charge is -2.23. The van der Waals surface area contributed by atoms with Gasteiger partial charge in [0.1, 0.15) is 23.3 Å². The number of likely N-dealkylation sites (tertiary alicyclic amines) is 1. The van der Waals surface area contributed by atoms with Gasteiger partial charge in [-0.15, -0.1) is 0 Å². The van der Waals surface area contributed by atoms with Gasteiger partial charge in [-0.2, -0.15) is 20.0 Å². The third-order valence-electron chi connectivity index (χ3n) is 5.88. The SMILES string of the molecule is COc1cc(C(=O)N2CCCC2c2nc(-c3cccc(F)c3C)no2)c(-n2nccn2)cc1Cl. The summed E-state index contributed by atoms with van der Waals surface area (Å²) >= 11 is 6.31. The lowest BCUT2D eigenvalue weighted by atomic mass is 10.1. The number of rotatable bonds is 5. The number of ether oxygens (including phenoxy) is 1. The fraction of sp³-hybridized carbons (Fsp3) is 0.261. The van der Waals surface area contributed by atoms with Crippen molar-refractivity contribution in [2.24, 2.45) is 0 Å². The predicted octanol–water partition coefficient (Wildman–Crippen LogP) is 4.40. The van der Waals surface area contributed by atoms with Crippen molar-refractivity contribution in [1.29, 1.82) is 0 Å². The summed E-state index contributed by atoms with van der Waals surface area (Å²) in [4.78, 5) is 21.2. The Bertz CT molecular complexity index is 1360. The molecule has 0 bridgehead atoms. The second-order valence-corrected chi connectivity index (χ2v) is 8.25. The number of halogens is 2. The summed E-state index contributed by atoms with van der Waals surface area (Å²) < 4.78 is 24.9. The largest absolute Gasteiger partial charge is 0.495 e. The summed E-state index contributed by atoms with van der Waals surface area (Å²) in [5.74, 6) is 0.313. The molecule has 5 rings (SSSR count). The van der Waals surface area contributed by atoms with Crippen LogP contribution in [0.15, 0.2) is 47.2 Å². The van der Waals surface area contributed by atoms with E-state index in [0.717, 1.165) is 6.42 Å². The van der Waals surface area contributed by atoms with Crippen molar-refractivity contribution in [2.45, 2.75) is 25.8 Å². The monoisotopic (exact) mass is 482 g/mol. The fourth-order valence-electron chi connectivity index (χ4n) is 4.13. The van der Waals surface area contributed by atoms with Gasteiger partial charge >= 0.3 is 0 Å². The lowest BCUT2D eigenvalue weighted by molar-refractivity contribution is 0.0709. The Morgan fingerprint density at radius 3 is 2.82 bits per heavy atom. The van der Waals surface area contributed by atoms with E-state index >= 15 is 0 Å². The Morgan fingerprint density at radius 1 is 1.26 bits per heavy atom. The third kappa shape index (κ3) is 3.79. The summed E-state index contributed by atoms with van der Waals surface area (Å²) in [5.41, 5.74) is 1.72. The smallest absolute Gasteiger partial charge is 0.256 e. The molecule has 3 heterocycles. The van der Waals surface area contributed by atoms with E-state index in [1.54, 1.807) is 36.1 Å². The zero-order chi connectivity index (χ0) is 23.8. The van der Waals surface area contributed by atoms with Gasteiger partial charge in [0, 0.05) is 12.1 Å². The van der Waals surface area contributed by atoms with Crippen molar-refractivity contribution in [3.05, 3.63) is 70.6 Å². The highest BCUT2D eigenvalue weighted by Crippen LogP contribution is 2.36. The van der Waals surface area contributed by atoms with Crippen LogP contribution in [0.2, 0.25) is 5.02 Å². The molecule has 1 atom stereocenters. The molecule has 34 heavy (non-hydrogen) atoms. The van der Waals surface area contributed by atoms with Crippen molar-refractivity contribution < 1.29 is 18.4 Å². The second kappa shape index (κ2) is 8.86. The average Bonchev–Trinajstić information content (AvgIpc) is 3.61. The van der Waals surface area contributed by atoms with Crippen LogP contribution in [-0.2, 0) is 0 Å². The number of benzene rings is 2. The van der Waals surface area contributed by atoms with Gasteiger partial charge < -0.3 is 14.2 Å². The van der Waals surface area contributed by atoms with Gasteiger partial charge in [-0.05, 0) is 43.5 Å². The summed E-state index contributed by atoms with van der Waals surface area (Å²) in [5, 5.41) is 12.7. The number of nitrogens with zero attached hydrogens (tertiary/aromatic N) is 6. The van der Waals surface area contributed by atoms with Crippen LogP contribution in [-0.4, -0.2) is 49.6 Å². The van der Waals surface area contributed by atoms with Crippen LogP contribution in [0.1, 0.15) is 40.7 Å². The summed E-state index contributed by atoms with van der Waals surface area (Å²) in [6.45, 7) is 2.15. The molecule has 0 aliphatic carbocycles. The van der Waals surface area contributed by atoms with E-state index < -0.39 is 6.04 Å². The molecule has 1 amide bonds. The maximum atomic E-state index is 14.0. The molecule has 11 heteroatoms. The molecule has 1 aliphatic heterocycles. The number of aromatic nitrogens is 5. The van der Waals surface area contributed by atoms with Gasteiger partial charge in [0.25, 0.3) is 5.91 Å². The number of amides is 1. The van der Waals surface area contributed by atoms with Crippen LogP contribution in [0.3, 0.4) is 0 Å². The number of carbonyl (C=O) groups is 1. The minimum atomic E-state index is -0.428. The molecule has 1 aliphatic rings. The minimum absolute atomic E-state index is 0.272. The number of carbonyl (C=O) groups excluding carboxylic acids is 1. The van der Waals surface area contributed by atoms with Gasteiger partial charge in [0.05, 0.1) is 30.1 Å². The van der Waals surface area contributed by atoms with Crippen molar-refractivity contribution in [3.63, 3.8) is 0 Å². The average molecular weight is 483 g/mol. The molecule has 0 saturated carbocycles. The van der Waals surface area contributed by atoms with Crippen LogP contribution >= 0.6 is 11.6 Å². The first kappa shape index (κ1) is 22.0. The van der Waals surface area contributed by atoms with Crippen molar-refractivity contribution in [2.75, 3.05) is 13.7 Å². The zero-order valence-corrected chi connectivity index (χ0v) is 19.2. The maximum Gasteiger partial charge on any atom is 0.256 e. The van der Waals surface area contributed by atoms with Crippen LogP contribution in [0.5, 0.6) is 5.75 Å². The standard InChI is InChI=1S/C23H20ClFN6O3/c1-13-14(5-3-6-17(13)25)21-28-22(34-29-21)18-7-4-10-30(18)23(32)15-11-20(33-2)16(24)12-19(15)31-26-8-9-27-31/h3,5-6,8-9,11-12,18H,4,7,10H2,1-2H3. The molecule has 2 aromatic carbocycles. The van der Waals surface area contributed by atoms with Gasteiger partial charge in [0.15, 0.2) is 0 Å². The molecule has 9 nitrogen and oxygen atoms in total. The molecule has 1 unspecified atom stereocenters. The highest BCUT2D eigenvalue weighted by molar-refractivity contribution is 6.32. The molecule has 0 N–H and O–H groups in total. The molecular weight excluding hydrogens is 463 g/mol. The van der Waals surface area contributed by atoms with E-state index in [4.69, 9.17) is 20.9 Å². The quantitative estimate of drug-likeness (QED) is 0.415. The molecular formula is C23H20ClFN6O3. The fourth-order valence-corrected chi connectivity index (χ4v) is 4.36. The van der Waals surface area contributed by atoms with Gasteiger partial charge in [0.2, 0.25) is 11.7 Å². The number of hydrogen-bond acceptors (Lipinski definition) is 7. The first-order valence-electron chi connectivity index (χ1n) is 10.6. The molecule has 4 aromatic rings. The van der Waals surface area contributed by atoms with Crippen molar-refractivity contribution >= 4 is 17.5 Å². The van der Waals surface area contributed by atoms with E-state index in [0.29, 0.717) is 52.0 Å². The van der Waals surface area contributed by atoms with E-state index in [-0.39, 0.29) is 17.5 Å². The summed E-state index contributed by atoms with van der Waals surface area (Å²) in [6.07, 6.45) is 4.43. The zero-order valence-electron chi connectivity index (χ0n) is 18.4. The van der Waals surface area contributed by atoms with Crippen LogP contribution < -0.4 is 4.74 Å². The topological polar surface area (TPSA) is 99.2 Å². The Kier molecular flexibility index (Phi) is 5.74. The highest BCUT2D eigenvalue weighted by atomic mass is 35.5. The van der Waals surface area contributed by atoms with Crippen LogP contribution in [0.4, 0.5) is 4.39 Å². The molecule has 174 valence electrons. The first-order chi connectivity index (χ1) is 16.5. The van der Waals surface area contributed by atoms with Crippen molar-refractivity contribution in [3.8, 4) is 22.8 Å². The minimum Gasteiger partial charge on any atom is -0.495 e. The van der Waals surface area contributed by atoms with Gasteiger partial charge in [-0.25, -0.2) is 4.39 Å². The first-order valence-corrected chi connectivity index (χ1v) is 11.0. The second-order valence-electron chi connectivity index (χ2n) is 7.85. The van der Waals surface area contributed by atoms with E-state index in [2.05, 4.69) is 20.3 Å². The van der Waals surface area contributed by atoms with Crippen LogP contribution in [0, 0.1) is 12.7 Å². The van der Waals surface area contributed by atoms with Gasteiger partial charge in [-0.3, -0.25) is 4.79 Å². The Labute approximate surface area is 199 Å². The third-order valence-corrected chi connectivity index (χ3v) is 6.18. The molecule has 1 saturated heterocycles. The van der Waals surface area contributed by atoms with E-state index in [1.165, 1.54) is 30.4 Å². The Morgan fingerprint density at radius 2 is 2.06 bits per heavy atom. The van der Waals surface area contributed by atoms with Crippen LogP contribution in [0.25, 0.3) is 17.1 Å². The Hall–Kier alpha value is -3.79. The lowest BCUT2D eigenvalue weighted by Crippen LogP contribution is -2.31.